The third-order valence-electron chi connectivity index (χ3n) is 3.96. The molecular weight excluding hydrogens is 431 g/mol. The molecule has 2 nitrogen and oxygen atoms in total. The lowest BCUT2D eigenvalue weighted by Gasteiger charge is -2.07. The van der Waals surface area contributed by atoms with Crippen molar-refractivity contribution < 1.29 is 9.47 Å². The summed E-state index contributed by atoms with van der Waals surface area (Å²) < 4.78 is 12.1. The van der Waals surface area contributed by atoms with E-state index in [0.29, 0.717) is 6.79 Å². The molecule has 3 rings (SSSR count). The summed E-state index contributed by atoms with van der Waals surface area (Å²) in [5.74, 6) is 1.60. The summed E-state index contributed by atoms with van der Waals surface area (Å²) in [7, 11) is 0. The van der Waals surface area contributed by atoms with Crippen LogP contribution in [0.4, 0.5) is 0 Å². The van der Waals surface area contributed by atoms with Crippen LogP contribution >= 0.6 is 34.4 Å². The molecule has 2 aromatic rings. The summed E-state index contributed by atoms with van der Waals surface area (Å²) in [6.07, 6.45) is 3.13. The normalized spacial score (nSPS) is 12.8. The molecule has 0 saturated carbocycles. The van der Waals surface area contributed by atoms with Crippen LogP contribution in [0.5, 0.6) is 11.5 Å². The van der Waals surface area contributed by atoms with Crippen molar-refractivity contribution in [3.8, 4) is 11.5 Å². The standard InChI is InChI=1S/C20H19IO2S/c1-13-10-18(21)14(2)9-16(13)5-4-8-24-15(3)17-6-7-19-20(11-17)23-12-22-19/h4,6-11H,3,5,12H2,1-2H3/b8-4+. The molecule has 0 radical (unpaired) electrons. The summed E-state index contributed by atoms with van der Waals surface area (Å²) in [5, 5.41) is 2.11. The van der Waals surface area contributed by atoms with Crippen LogP contribution in [0.2, 0.25) is 0 Å². The van der Waals surface area contributed by atoms with Gasteiger partial charge in [0.25, 0.3) is 0 Å². The fourth-order valence-electron chi connectivity index (χ4n) is 2.50. The Bertz CT molecular complexity index is 812. The van der Waals surface area contributed by atoms with Crippen LogP contribution in [0.1, 0.15) is 22.3 Å². The first kappa shape index (κ1) is 17.4. The molecular formula is C20H19IO2S. The minimum Gasteiger partial charge on any atom is -0.454 e. The Morgan fingerprint density at radius 1 is 1.17 bits per heavy atom. The van der Waals surface area contributed by atoms with Gasteiger partial charge in [-0.3, -0.25) is 0 Å². The van der Waals surface area contributed by atoms with Gasteiger partial charge in [0.2, 0.25) is 6.79 Å². The maximum absolute atomic E-state index is 5.42. The molecule has 0 saturated heterocycles. The lowest BCUT2D eigenvalue weighted by atomic mass is 10.0. The predicted molar refractivity (Wildman–Crippen MR) is 111 cm³/mol. The number of ether oxygens (including phenoxy) is 2. The van der Waals surface area contributed by atoms with Crippen molar-refractivity contribution in [2.75, 3.05) is 6.79 Å². The molecule has 4 heteroatoms. The van der Waals surface area contributed by atoms with E-state index in [1.54, 1.807) is 11.8 Å². The molecule has 124 valence electrons. The number of fused-ring (bicyclic) bond motifs is 1. The van der Waals surface area contributed by atoms with E-state index in [0.717, 1.165) is 28.4 Å². The van der Waals surface area contributed by atoms with E-state index in [-0.39, 0.29) is 0 Å². The van der Waals surface area contributed by atoms with Crippen LogP contribution in [0.25, 0.3) is 4.91 Å². The number of rotatable bonds is 5. The van der Waals surface area contributed by atoms with Crippen molar-refractivity contribution in [1.29, 1.82) is 0 Å². The zero-order chi connectivity index (χ0) is 17.1. The average molecular weight is 450 g/mol. The van der Waals surface area contributed by atoms with E-state index >= 15 is 0 Å². The van der Waals surface area contributed by atoms with Gasteiger partial charge in [0, 0.05) is 8.48 Å². The number of thioether (sulfide) groups is 1. The predicted octanol–water partition coefficient (Wildman–Crippen LogP) is 6.10. The third kappa shape index (κ3) is 3.98. The second kappa shape index (κ2) is 7.66. The molecule has 1 heterocycles. The average Bonchev–Trinajstić information content (AvgIpc) is 3.03. The second-order valence-corrected chi connectivity index (χ2v) is 7.88. The number of benzene rings is 2. The SMILES string of the molecule is C=C(S/C=C/Cc1cc(C)c(I)cc1C)c1ccc2c(c1)OCO2. The van der Waals surface area contributed by atoms with Gasteiger partial charge >= 0.3 is 0 Å². The molecule has 0 bridgehead atoms. The Labute approximate surface area is 161 Å². The largest absolute Gasteiger partial charge is 0.454 e. The summed E-state index contributed by atoms with van der Waals surface area (Å²) in [4.78, 5) is 1.00. The summed E-state index contributed by atoms with van der Waals surface area (Å²) in [6.45, 7) is 8.78. The monoisotopic (exact) mass is 450 g/mol. The van der Waals surface area contributed by atoms with Gasteiger partial charge in [0.05, 0.1) is 0 Å². The quantitative estimate of drug-likeness (QED) is 0.513. The molecule has 0 fully saturated rings. The third-order valence-corrected chi connectivity index (χ3v) is 5.97. The van der Waals surface area contributed by atoms with Gasteiger partial charge in [-0.25, -0.2) is 0 Å². The molecule has 0 spiro atoms. The molecule has 1 aliphatic heterocycles. The molecule has 24 heavy (non-hydrogen) atoms. The van der Waals surface area contributed by atoms with E-state index in [4.69, 9.17) is 9.47 Å². The molecule has 0 N–H and O–H groups in total. The summed E-state index contributed by atoms with van der Waals surface area (Å²) in [5.41, 5.74) is 5.12. The molecule has 0 amide bonds. The van der Waals surface area contributed by atoms with E-state index in [1.165, 1.54) is 20.3 Å². The van der Waals surface area contributed by atoms with Gasteiger partial charge in [-0.05, 0) is 94.8 Å². The fraction of sp³-hybridized carbons (Fsp3) is 0.200. The summed E-state index contributed by atoms with van der Waals surface area (Å²) >= 11 is 4.02. The molecule has 0 atom stereocenters. The Morgan fingerprint density at radius 3 is 2.79 bits per heavy atom. The number of hydrogen-bond donors (Lipinski definition) is 0. The highest BCUT2D eigenvalue weighted by atomic mass is 127. The van der Waals surface area contributed by atoms with Crippen molar-refractivity contribution in [2.45, 2.75) is 20.3 Å². The Hall–Kier alpha value is -1.40. The van der Waals surface area contributed by atoms with Crippen molar-refractivity contribution in [3.05, 3.63) is 74.2 Å². The zero-order valence-electron chi connectivity index (χ0n) is 13.8. The highest BCUT2D eigenvalue weighted by molar-refractivity contribution is 14.1. The maximum atomic E-state index is 5.42. The van der Waals surface area contributed by atoms with E-state index < -0.39 is 0 Å². The first-order valence-corrected chi connectivity index (χ1v) is 9.66. The Balaban J connectivity index is 1.60. The van der Waals surface area contributed by atoms with Crippen molar-refractivity contribution in [1.82, 2.24) is 0 Å². The van der Waals surface area contributed by atoms with Crippen LogP contribution in [-0.2, 0) is 6.42 Å². The number of allylic oxidation sites excluding steroid dienone is 1. The highest BCUT2D eigenvalue weighted by Gasteiger charge is 2.13. The highest BCUT2D eigenvalue weighted by Crippen LogP contribution is 2.36. The van der Waals surface area contributed by atoms with Crippen molar-refractivity contribution in [2.24, 2.45) is 0 Å². The fourth-order valence-corrected chi connectivity index (χ4v) is 3.75. The van der Waals surface area contributed by atoms with Gasteiger partial charge in [-0.1, -0.05) is 30.5 Å². The lowest BCUT2D eigenvalue weighted by molar-refractivity contribution is 0.174. The minimum absolute atomic E-state index is 0.299. The van der Waals surface area contributed by atoms with Crippen LogP contribution in [0.3, 0.4) is 0 Å². The van der Waals surface area contributed by atoms with Crippen LogP contribution in [-0.4, -0.2) is 6.79 Å². The van der Waals surface area contributed by atoms with E-state index in [9.17, 15) is 0 Å². The van der Waals surface area contributed by atoms with Crippen LogP contribution in [0, 0.1) is 17.4 Å². The zero-order valence-corrected chi connectivity index (χ0v) is 16.7. The van der Waals surface area contributed by atoms with Crippen molar-refractivity contribution in [3.63, 3.8) is 0 Å². The Kier molecular flexibility index (Phi) is 5.56. The van der Waals surface area contributed by atoms with Crippen molar-refractivity contribution >= 4 is 39.3 Å². The molecule has 0 unspecified atom stereocenters. The van der Waals surface area contributed by atoms with Gasteiger partial charge in [-0.2, -0.15) is 0 Å². The first-order valence-electron chi connectivity index (χ1n) is 7.71. The number of hydrogen-bond acceptors (Lipinski definition) is 3. The molecule has 1 aliphatic rings. The molecule has 0 aliphatic carbocycles. The van der Waals surface area contributed by atoms with Crippen LogP contribution < -0.4 is 9.47 Å². The first-order chi connectivity index (χ1) is 11.5. The number of aryl methyl sites for hydroxylation is 2. The van der Waals surface area contributed by atoms with Crippen LogP contribution in [0.15, 0.2) is 48.4 Å². The van der Waals surface area contributed by atoms with Gasteiger partial charge in [0.1, 0.15) is 0 Å². The van der Waals surface area contributed by atoms with E-state index in [1.807, 2.05) is 18.2 Å². The Morgan fingerprint density at radius 2 is 1.96 bits per heavy atom. The molecule has 0 aromatic heterocycles. The van der Waals surface area contributed by atoms with Gasteiger partial charge < -0.3 is 9.47 Å². The molecule has 2 aromatic carbocycles. The second-order valence-electron chi connectivity index (χ2n) is 5.71. The maximum Gasteiger partial charge on any atom is 0.231 e. The number of halogens is 1. The van der Waals surface area contributed by atoms with Gasteiger partial charge in [0.15, 0.2) is 11.5 Å². The topological polar surface area (TPSA) is 18.5 Å². The lowest BCUT2D eigenvalue weighted by Crippen LogP contribution is -1.92. The minimum atomic E-state index is 0.299. The smallest absolute Gasteiger partial charge is 0.231 e. The summed E-state index contributed by atoms with van der Waals surface area (Å²) in [6, 6.07) is 10.5. The van der Waals surface area contributed by atoms with E-state index in [2.05, 4.69) is 66.6 Å². The van der Waals surface area contributed by atoms with Gasteiger partial charge in [-0.15, -0.1) is 0 Å².